The van der Waals surface area contributed by atoms with E-state index in [0.29, 0.717) is 12.1 Å². The van der Waals surface area contributed by atoms with Crippen molar-refractivity contribution in [1.82, 2.24) is 10.2 Å². The molecule has 27 heavy (non-hydrogen) atoms. The Morgan fingerprint density at radius 2 is 2.00 bits per heavy atom. The molecule has 1 saturated heterocycles. The van der Waals surface area contributed by atoms with E-state index in [-0.39, 0.29) is 17.8 Å². The van der Waals surface area contributed by atoms with Crippen molar-refractivity contribution in [3.8, 4) is 5.75 Å². The Hall–Kier alpha value is -2.66. The first-order valence-corrected chi connectivity index (χ1v) is 9.25. The summed E-state index contributed by atoms with van der Waals surface area (Å²) in [6, 6.07) is 14.3. The minimum absolute atomic E-state index is 0.106. The molecule has 0 radical (unpaired) electrons. The second-order valence-electron chi connectivity index (χ2n) is 6.67. The molecule has 2 aromatic rings. The zero-order valence-electron chi connectivity index (χ0n) is 15.5. The number of carbonyl (C=O) groups is 1. The van der Waals surface area contributed by atoms with Crippen LogP contribution >= 0.6 is 0 Å². The van der Waals surface area contributed by atoms with E-state index in [1.165, 1.54) is 31.1 Å². The molecule has 3 rings (SSSR count). The van der Waals surface area contributed by atoms with Crippen molar-refractivity contribution in [3.63, 3.8) is 0 Å². The molecule has 4 nitrogen and oxygen atoms in total. The topological polar surface area (TPSA) is 41.6 Å². The van der Waals surface area contributed by atoms with Crippen LogP contribution < -0.4 is 10.1 Å². The molecule has 142 valence electrons. The molecule has 0 aromatic heterocycles. The molecule has 1 amide bonds. The Morgan fingerprint density at radius 1 is 1.22 bits per heavy atom. The fourth-order valence-electron chi connectivity index (χ4n) is 3.40. The molecule has 0 saturated carbocycles. The molecule has 1 fully saturated rings. The maximum absolute atomic E-state index is 13.2. The Bertz CT molecular complexity index is 800. The molecule has 0 spiro atoms. The van der Waals surface area contributed by atoms with Crippen molar-refractivity contribution in [3.05, 3.63) is 71.6 Å². The minimum Gasteiger partial charge on any atom is -0.497 e. The third-order valence-electron chi connectivity index (χ3n) is 4.81. The fourth-order valence-corrected chi connectivity index (χ4v) is 3.40. The van der Waals surface area contributed by atoms with Crippen LogP contribution in [0.1, 0.15) is 30.0 Å². The van der Waals surface area contributed by atoms with Crippen LogP contribution in [0.15, 0.2) is 54.6 Å². The molecule has 2 aromatic carbocycles. The number of halogens is 1. The summed E-state index contributed by atoms with van der Waals surface area (Å²) < 4.78 is 18.6. The van der Waals surface area contributed by atoms with E-state index >= 15 is 0 Å². The van der Waals surface area contributed by atoms with Gasteiger partial charge in [-0.15, -0.1) is 0 Å². The van der Waals surface area contributed by atoms with Crippen molar-refractivity contribution < 1.29 is 13.9 Å². The van der Waals surface area contributed by atoms with Crippen LogP contribution in [-0.2, 0) is 4.79 Å². The molecule has 1 heterocycles. The van der Waals surface area contributed by atoms with E-state index in [2.05, 4.69) is 16.3 Å². The van der Waals surface area contributed by atoms with Gasteiger partial charge < -0.3 is 10.1 Å². The molecule has 1 aliphatic heterocycles. The molecule has 0 bridgehead atoms. The van der Waals surface area contributed by atoms with Crippen molar-refractivity contribution in [2.75, 3.05) is 26.7 Å². The predicted octanol–water partition coefficient (Wildman–Crippen LogP) is 3.80. The summed E-state index contributed by atoms with van der Waals surface area (Å²) in [4.78, 5) is 14.6. The highest BCUT2D eigenvalue weighted by molar-refractivity contribution is 5.91. The van der Waals surface area contributed by atoms with Gasteiger partial charge in [-0.2, -0.15) is 0 Å². The predicted molar refractivity (Wildman–Crippen MR) is 105 cm³/mol. The average Bonchev–Trinajstić information content (AvgIpc) is 3.21. The quantitative estimate of drug-likeness (QED) is 0.756. The number of hydrogen-bond acceptors (Lipinski definition) is 3. The second kappa shape index (κ2) is 9.33. The smallest absolute Gasteiger partial charge is 0.244 e. The summed E-state index contributed by atoms with van der Waals surface area (Å²) >= 11 is 0. The van der Waals surface area contributed by atoms with E-state index in [1.807, 2.05) is 18.2 Å². The van der Waals surface area contributed by atoms with Crippen LogP contribution in [0.5, 0.6) is 5.75 Å². The number of likely N-dealkylation sites (tertiary alicyclic amines) is 1. The first-order valence-electron chi connectivity index (χ1n) is 9.25. The number of amides is 1. The number of carbonyl (C=O) groups excluding carboxylic acids is 1. The zero-order valence-corrected chi connectivity index (χ0v) is 15.5. The first kappa shape index (κ1) is 19.1. The lowest BCUT2D eigenvalue weighted by atomic mass is 10.0. The summed E-state index contributed by atoms with van der Waals surface area (Å²) in [5, 5.41) is 2.98. The van der Waals surface area contributed by atoms with Gasteiger partial charge in [-0.3, -0.25) is 9.69 Å². The van der Waals surface area contributed by atoms with Crippen LogP contribution in [0.2, 0.25) is 0 Å². The maximum Gasteiger partial charge on any atom is 0.244 e. The lowest BCUT2D eigenvalue weighted by molar-refractivity contribution is -0.116. The third-order valence-corrected chi connectivity index (χ3v) is 4.81. The van der Waals surface area contributed by atoms with Crippen molar-refractivity contribution in [2.24, 2.45) is 0 Å². The van der Waals surface area contributed by atoms with E-state index in [0.717, 1.165) is 24.4 Å². The maximum atomic E-state index is 13.2. The van der Waals surface area contributed by atoms with E-state index in [9.17, 15) is 9.18 Å². The number of nitrogens with zero attached hydrogens (tertiary/aromatic N) is 1. The highest BCUT2D eigenvalue weighted by Crippen LogP contribution is 2.27. The van der Waals surface area contributed by atoms with Gasteiger partial charge in [0.25, 0.3) is 0 Å². The summed E-state index contributed by atoms with van der Waals surface area (Å²) in [6.45, 7) is 2.56. The Balaban J connectivity index is 1.66. The zero-order chi connectivity index (χ0) is 19.1. The third kappa shape index (κ3) is 5.41. The van der Waals surface area contributed by atoms with Crippen LogP contribution in [0, 0.1) is 5.82 Å². The lowest BCUT2D eigenvalue weighted by Gasteiger charge is -2.28. The van der Waals surface area contributed by atoms with Gasteiger partial charge in [-0.05, 0) is 67.4 Å². The standard InChI is InChI=1S/C22H25FN2O2/c1-27-20-9-5-7-18(15-20)21(25-12-2-3-13-25)16-24-22(26)11-10-17-6-4-8-19(23)14-17/h4-11,14-15,21H,2-3,12-13,16H2,1H3,(H,24,26)/b11-10+. The van der Waals surface area contributed by atoms with Gasteiger partial charge in [0.1, 0.15) is 11.6 Å². The van der Waals surface area contributed by atoms with Crippen molar-refractivity contribution in [1.29, 1.82) is 0 Å². The monoisotopic (exact) mass is 368 g/mol. The summed E-state index contributed by atoms with van der Waals surface area (Å²) in [6.07, 6.45) is 5.41. The average molecular weight is 368 g/mol. The van der Waals surface area contributed by atoms with E-state index < -0.39 is 0 Å². The van der Waals surface area contributed by atoms with Crippen LogP contribution in [-0.4, -0.2) is 37.6 Å². The molecular formula is C22H25FN2O2. The second-order valence-corrected chi connectivity index (χ2v) is 6.67. The number of ether oxygens (including phenoxy) is 1. The Morgan fingerprint density at radius 3 is 2.74 bits per heavy atom. The lowest BCUT2D eigenvalue weighted by Crippen LogP contribution is -2.36. The highest BCUT2D eigenvalue weighted by Gasteiger charge is 2.24. The first-order chi connectivity index (χ1) is 13.2. The van der Waals surface area contributed by atoms with Gasteiger partial charge in [-0.25, -0.2) is 4.39 Å². The van der Waals surface area contributed by atoms with Gasteiger partial charge in [0.05, 0.1) is 13.2 Å². The molecule has 0 aliphatic carbocycles. The minimum atomic E-state index is -0.315. The van der Waals surface area contributed by atoms with Gasteiger partial charge in [-0.1, -0.05) is 24.3 Å². The fraction of sp³-hybridized carbons (Fsp3) is 0.318. The Labute approximate surface area is 159 Å². The van der Waals surface area contributed by atoms with Gasteiger partial charge in [0, 0.05) is 12.6 Å². The van der Waals surface area contributed by atoms with Crippen LogP contribution in [0.4, 0.5) is 4.39 Å². The molecule has 1 unspecified atom stereocenters. The number of methoxy groups -OCH3 is 1. The van der Waals surface area contributed by atoms with Gasteiger partial charge in [0.15, 0.2) is 0 Å². The largest absolute Gasteiger partial charge is 0.497 e. The molecule has 1 aliphatic rings. The van der Waals surface area contributed by atoms with Gasteiger partial charge in [0.2, 0.25) is 5.91 Å². The molecule has 1 atom stereocenters. The van der Waals surface area contributed by atoms with Crippen molar-refractivity contribution in [2.45, 2.75) is 18.9 Å². The Kier molecular flexibility index (Phi) is 6.60. The number of benzene rings is 2. The summed E-state index contributed by atoms with van der Waals surface area (Å²) in [5.74, 6) is 0.310. The van der Waals surface area contributed by atoms with Crippen LogP contribution in [0.3, 0.4) is 0 Å². The SMILES string of the molecule is COc1cccc(C(CNC(=O)/C=C/c2cccc(F)c2)N2CCCC2)c1. The van der Waals surface area contributed by atoms with Gasteiger partial charge >= 0.3 is 0 Å². The highest BCUT2D eigenvalue weighted by atomic mass is 19.1. The van der Waals surface area contributed by atoms with E-state index in [4.69, 9.17) is 4.74 Å². The number of hydrogen-bond donors (Lipinski definition) is 1. The van der Waals surface area contributed by atoms with Crippen LogP contribution in [0.25, 0.3) is 6.08 Å². The molecular weight excluding hydrogens is 343 g/mol. The van der Waals surface area contributed by atoms with Crippen molar-refractivity contribution >= 4 is 12.0 Å². The molecule has 5 heteroatoms. The van der Waals surface area contributed by atoms with E-state index in [1.54, 1.807) is 25.3 Å². The number of nitrogens with one attached hydrogen (secondary N) is 1. The number of rotatable bonds is 7. The molecule has 1 N–H and O–H groups in total. The normalized spacial score (nSPS) is 15.8. The summed E-state index contributed by atoms with van der Waals surface area (Å²) in [7, 11) is 1.66. The summed E-state index contributed by atoms with van der Waals surface area (Å²) in [5.41, 5.74) is 1.79.